The van der Waals surface area contributed by atoms with Crippen LogP contribution in [0.2, 0.25) is 5.02 Å². The van der Waals surface area contributed by atoms with Gasteiger partial charge in [-0.1, -0.05) is 23.7 Å². The van der Waals surface area contributed by atoms with Crippen LogP contribution in [-0.2, 0) is 25.9 Å². The lowest BCUT2D eigenvalue weighted by Crippen LogP contribution is -2.37. The number of carbonyl (C=O) groups is 1. The van der Waals surface area contributed by atoms with E-state index < -0.39 is 11.2 Å². The summed E-state index contributed by atoms with van der Waals surface area (Å²) in [7, 11) is 6.06. The van der Waals surface area contributed by atoms with Crippen LogP contribution < -0.4 is 25.7 Å². The van der Waals surface area contributed by atoms with Crippen LogP contribution in [0.25, 0.3) is 17.2 Å². The predicted molar refractivity (Wildman–Crippen MR) is 144 cm³/mol. The Balaban J connectivity index is 1.48. The van der Waals surface area contributed by atoms with Gasteiger partial charge < -0.3 is 9.47 Å². The molecule has 1 amide bonds. The average molecular weight is 535 g/mol. The molecule has 194 valence electrons. The highest BCUT2D eigenvalue weighted by Gasteiger charge is 2.29. The summed E-state index contributed by atoms with van der Waals surface area (Å²) in [6.07, 6.45) is 1.71. The number of halogens is 1. The van der Waals surface area contributed by atoms with Crippen LogP contribution in [0, 0.1) is 0 Å². The van der Waals surface area contributed by atoms with Gasteiger partial charge in [-0.3, -0.25) is 23.3 Å². The van der Waals surface area contributed by atoms with E-state index >= 15 is 0 Å². The number of hydrogen-bond acceptors (Lipinski definition) is 7. The first-order chi connectivity index (χ1) is 18.1. The number of benzene rings is 2. The number of imidazole rings is 1. The van der Waals surface area contributed by atoms with Gasteiger partial charge in [0.05, 0.1) is 24.1 Å². The molecule has 0 saturated carbocycles. The Morgan fingerprint density at radius 2 is 1.71 bits per heavy atom. The molecule has 0 spiro atoms. The number of fused-ring (bicyclic) bond motifs is 1. The number of rotatable bonds is 5. The van der Waals surface area contributed by atoms with E-state index in [1.165, 1.54) is 35.3 Å². The summed E-state index contributed by atoms with van der Waals surface area (Å²) < 4.78 is 15.3. The molecule has 0 unspecified atom stereocenters. The number of amides is 1. The van der Waals surface area contributed by atoms with Crippen molar-refractivity contribution in [3.05, 3.63) is 79.5 Å². The molecule has 0 saturated heterocycles. The van der Waals surface area contributed by atoms with E-state index in [0.717, 1.165) is 4.57 Å². The van der Waals surface area contributed by atoms with Crippen LogP contribution in [0.4, 0.5) is 5.69 Å². The molecule has 5 rings (SSSR count). The fraction of sp³-hybridized carbons (Fsp3) is 0.192. The van der Waals surface area contributed by atoms with Crippen LogP contribution in [-0.4, -0.2) is 37.4 Å². The van der Waals surface area contributed by atoms with Gasteiger partial charge in [0, 0.05) is 26.2 Å². The lowest BCUT2D eigenvalue weighted by molar-refractivity contribution is -0.114. The van der Waals surface area contributed by atoms with E-state index in [0.29, 0.717) is 39.1 Å². The monoisotopic (exact) mass is 534 g/mol. The molecule has 3 heterocycles. The molecule has 2 aromatic heterocycles. The van der Waals surface area contributed by atoms with Gasteiger partial charge in [0.15, 0.2) is 22.7 Å². The fourth-order valence-electron chi connectivity index (χ4n) is 4.18. The van der Waals surface area contributed by atoms with Crippen molar-refractivity contribution in [2.45, 2.75) is 6.92 Å². The van der Waals surface area contributed by atoms with Gasteiger partial charge in [0.25, 0.3) is 11.5 Å². The summed E-state index contributed by atoms with van der Waals surface area (Å²) in [6, 6.07) is 12.1. The standard InChI is InChI=1S/C26H23ClN6O5/c1-14-18(23(34)33(29-14)17-8-6-7-16(27)13-17)11-15-9-10-19(20(12-15)37-5)38-25-28-22-21(30(25)2)24(35)32(4)26(36)31(22)3/h6-13H,1-5H3/b18-11+. The first-order valence-electron chi connectivity index (χ1n) is 11.5. The number of carbonyl (C=O) groups excluding carboxylic acids is 1. The maximum Gasteiger partial charge on any atom is 0.332 e. The zero-order valence-corrected chi connectivity index (χ0v) is 22.0. The van der Waals surface area contributed by atoms with Gasteiger partial charge in [0.2, 0.25) is 0 Å². The van der Waals surface area contributed by atoms with E-state index in [4.69, 9.17) is 21.1 Å². The summed E-state index contributed by atoms with van der Waals surface area (Å²) in [5, 5.41) is 6.20. The maximum atomic E-state index is 13.1. The highest BCUT2D eigenvalue weighted by molar-refractivity contribution is 6.33. The zero-order chi connectivity index (χ0) is 27.3. The van der Waals surface area contributed by atoms with E-state index in [-0.39, 0.29) is 23.1 Å². The molecule has 2 aromatic carbocycles. The van der Waals surface area contributed by atoms with Crippen molar-refractivity contribution >= 4 is 46.1 Å². The second-order valence-electron chi connectivity index (χ2n) is 8.68. The van der Waals surface area contributed by atoms with Crippen LogP contribution >= 0.6 is 11.6 Å². The van der Waals surface area contributed by atoms with Crippen molar-refractivity contribution in [1.82, 2.24) is 18.7 Å². The van der Waals surface area contributed by atoms with E-state index in [1.54, 1.807) is 62.5 Å². The first-order valence-corrected chi connectivity index (χ1v) is 11.8. The quantitative estimate of drug-likeness (QED) is 0.363. The molecule has 1 aliphatic heterocycles. The minimum Gasteiger partial charge on any atom is -0.493 e. The van der Waals surface area contributed by atoms with E-state index in [1.807, 2.05) is 0 Å². The normalized spacial score (nSPS) is 14.5. The van der Waals surface area contributed by atoms with Crippen molar-refractivity contribution < 1.29 is 14.3 Å². The highest BCUT2D eigenvalue weighted by Crippen LogP contribution is 2.34. The molecule has 12 heteroatoms. The molecule has 0 radical (unpaired) electrons. The molecule has 1 aliphatic rings. The highest BCUT2D eigenvalue weighted by atomic mass is 35.5. The SMILES string of the molecule is COc1cc(/C=C2/C(=O)N(c3cccc(Cl)c3)N=C2C)ccc1Oc1nc2c(c(=O)n(C)c(=O)n2C)n1C. The predicted octanol–water partition coefficient (Wildman–Crippen LogP) is 3.23. The van der Waals surface area contributed by atoms with Crippen LogP contribution in [0.5, 0.6) is 17.5 Å². The van der Waals surface area contributed by atoms with Crippen molar-refractivity contribution in [3.8, 4) is 17.5 Å². The zero-order valence-electron chi connectivity index (χ0n) is 21.2. The van der Waals surface area contributed by atoms with E-state index in [2.05, 4.69) is 10.1 Å². The summed E-state index contributed by atoms with van der Waals surface area (Å²) in [6.45, 7) is 1.76. The molecule has 11 nitrogen and oxygen atoms in total. The number of methoxy groups -OCH3 is 1. The Labute approximate surface area is 221 Å². The summed E-state index contributed by atoms with van der Waals surface area (Å²) in [4.78, 5) is 42.4. The number of aryl methyl sites for hydroxylation is 2. The lowest BCUT2D eigenvalue weighted by Gasteiger charge is -2.12. The molecule has 38 heavy (non-hydrogen) atoms. The van der Waals surface area contributed by atoms with Crippen molar-refractivity contribution in [2.24, 2.45) is 26.2 Å². The molecule has 0 N–H and O–H groups in total. The minimum atomic E-state index is -0.489. The Bertz CT molecular complexity index is 1810. The number of hydrazone groups is 1. The minimum absolute atomic E-state index is 0.105. The van der Waals surface area contributed by atoms with Gasteiger partial charge in [-0.25, -0.2) is 4.79 Å². The van der Waals surface area contributed by atoms with E-state index in [9.17, 15) is 14.4 Å². The van der Waals surface area contributed by atoms with Gasteiger partial charge in [0.1, 0.15) is 0 Å². The fourth-order valence-corrected chi connectivity index (χ4v) is 4.36. The Hall–Kier alpha value is -4.64. The molecule has 4 aromatic rings. The third-order valence-electron chi connectivity index (χ3n) is 6.25. The number of nitrogens with zero attached hydrogens (tertiary/aromatic N) is 6. The number of anilines is 1. The summed E-state index contributed by atoms with van der Waals surface area (Å²) >= 11 is 6.08. The largest absolute Gasteiger partial charge is 0.493 e. The molecule has 0 aliphatic carbocycles. The average Bonchev–Trinajstić information content (AvgIpc) is 3.38. The molecule has 0 fully saturated rings. The van der Waals surface area contributed by atoms with Crippen LogP contribution in [0.15, 0.2) is 62.7 Å². The van der Waals surface area contributed by atoms with Crippen molar-refractivity contribution in [1.29, 1.82) is 0 Å². The Morgan fingerprint density at radius 3 is 2.42 bits per heavy atom. The van der Waals surface area contributed by atoms with Crippen LogP contribution in [0.1, 0.15) is 12.5 Å². The smallest absolute Gasteiger partial charge is 0.332 e. The lowest BCUT2D eigenvalue weighted by atomic mass is 10.1. The Morgan fingerprint density at radius 1 is 0.947 bits per heavy atom. The van der Waals surface area contributed by atoms with Crippen LogP contribution in [0.3, 0.4) is 0 Å². The van der Waals surface area contributed by atoms with Gasteiger partial charge >= 0.3 is 11.7 Å². The van der Waals surface area contributed by atoms with Gasteiger partial charge in [-0.15, -0.1) is 0 Å². The van der Waals surface area contributed by atoms with Crippen molar-refractivity contribution in [2.75, 3.05) is 12.1 Å². The summed E-state index contributed by atoms with van der Waals surface area (Å²) in [5.41, 5.74) is 1.69. The van der Waals surface area contributed by atoms with Gasteiger partial charge in [-0.2, -0.15) is 15.1 Å². The third kappa shape index (κ3) is 4.06. The maximum absolute atomic E-state index is 13.1. The molecule has 0 bridgehead atoms. The number of aromatic nitrogens is 4. The van der Waals surface area contributed by atoms with Gasteiger partial charge in [-0.05, 0) is 48.9 Å². The molecular formula is C26H23ClN6O5. The molecular weight excluding hydrogens is 512 g/mol. The molecule has 0 atom stereocenters. The second-order valence-corrected chi connectivity index (χ2v) is 9.12. The first kappa shape index (κ1) is 25.0. The summed E-state index contributed by atoms with van der Waals surface area (Å²) in [5.74, 6) is 0.425. The van der Waals surface area contributed by atoms with Crippen molar-refractivity contribution in [3.63, 3.8) is 0 Å². The number of ether oxygens (including phenoxy) is 2. The third-order valence-corrected chi connectivity index (χ3v) is 6.48. The topological polar surface area (TPSA) is 113 Å². The Kier molecular flexibility index (Phi) is 6.15. The number of hydrogen-bond donors (Lipinski definition) is 0. The second kappa shape index (κ2) is 9.34.